The van der Waals surface area contributed by atoms with Gasteiger partial charge >= 0.3 is 0 Å². The van der Waals surface area contributed by atoms with Crippen LogP contribution in [-0.4, -0.2) is 0 Å². The molecule has 3 nitrogen and oxygen atoms in total. The van der Waals surface area contributed by atoms with Gasteiger partial charge in [0.2, 0.25) is 0 Å². The molecule has 0 N–H and O–H groups in total. The van der Waals surface area contributed by atoms with Gasteiger partial charge in [-0.1, -0.05) is 127 Å². The van der Waals surface area contributed by atoms with Gasteiger partial charge in [0.1, 0.15) is 22.3 Å². The fourth-order valence-electron chi connectivity index (χ4n) is 7.35. The van der Waals surface area contributed by atoms with Crippen molar-refractivity contribution < 1.29 is 8.83 Å². The molecule has 0 aliphatic heterocycles. The Balaban J connectivity index is 1.20. The molecule has 0 saturated heterocycles. The molecule has 0 unspecified atom stereocenters. The van der Waals surface area contributed by atoms with E-state index in [9.17, 15) is 0 Å². The largest absolute Gasteiger partial charge is 0.456 e. The predicted octanol–water partition coefficient (Wildman–Crippen LogP) is 13.4. The van der Waals surface area contributed by atoms with E-state index in [0.717, 1.165) is 77.5 Å². The minimum absolute atomic E-state index is 0.855. The zero-order chi connectivity index (χ0) is 32.3. The van der Waals surface area contributed by atoms with Crippen LogP contribution in [0.15, 0.2) is 185 Å². The van der Waals surface area contributed by atoms with E-state index in [-0.39, 0.29) is 0 Å². The van der Waals surface area contributed by atoms with Crippen LogP contribution in [0.5, 0.6) is 0 Å². The van der Waals surface area contributed by atoms with Crippen molar-refractivity contribution in [2.45, 2.75) is 0 Å². The second-order valence-electron chi connectivity index (χ2n) is 12.5. The molecule has 0 fully saturated rings. The number of hydrogen-bond acceptors (Lipinski definition) is 3. The Morgan fingerprint density at radius 3 is 1.88 bits per heavy atom. The zero-order valence-electron chi connectivity index (χ0n) is 26.5. The summed E-state index contributed by atoms with van der Waals surface area (Å²) in [6, 6.07) is 61.9. The monoisotopic (exact) mass is 627 g/mol. The van der Waals surface area contributed by atoms with Crippen LogP contribution in [-0.2, 0) is 0 Å². The highest BCUT2D eigenvalue weighted by Gasteiger charge is 2.22. The van der Waals surface area contributed by atoms with Gasteiger partial charge in [-0.25, -0.2) is 0 Å². The first-order valence-electron chi connectivity index (χ1n) is 16.6. The summed E-state index contributed by atoms with van der Waals surface area (Å²) in [6.45, 7) is 0. The summed E-state index contributed by atoms with van der Waals surface area (Å²) in [6.07, 6.45) is 0. The van der Waals surface area contributed by atoms with Gasteiger partial charge in [0.15, 0.2) is 0 Å². The maximum absolute atomic E-state index is 6.82. The summed E-state index contributed by atoms with van der Waals surface area (Å²) >= 11 is 0. The molecule has 0 radical (unpaired) electrons. The van der Waals surface area contributed by atoms with Gasteiger partial charge in [-0.05, 0) is 59.0 Å². The summed E-state index contributed by atoms with van der Waals surface area (Å²) in [5, 5.41) is 6.74. The number of para-hydroxylation sites is 3. The van der Waals surface area contributed by atoms with Crippen molar-refractivity contribution in [3.8, 4) is 22.3 Å². The smallest absolute Gasteiger partial charge is 0.143 e. The molecule has 0 spiro atoms. The molecule has 10 aromatic rings. The van der Waals surface area contributed by atoms with E-state index in [2.05, 4.69) is 169 Å². The second kappa shape index (κ2) is 11.0. The molecule has 0 amide bonds. The number of furan rings is 2. The van der Waals surface area contributed by atoms with Crippen LogP contribution in [0.1, 0.15) is 0 Å². The lowest BCUT2D eigenvalue weighted by Crippen LogP contribution is -2.11. The Morgan fingerprint density at radius 1 is 0.347 bits per heavy atom. The highest BCUT2D eigenvalue weighted by atomic mass is 16.3. The van der Waals surface area contributed by atoms with Crippen LogP contribution < -0.4 is 4.90 Å². The number of benzene rings is 8. The molecule has 0 aliphatic rings. The third-order valence-corrected chi connectivity index (χ3v) is 9.68. The van der Waals surface area contributed by atoms with E-state index < -0.39 is 0 Å². The zero-order valence-corrected chi connectivity index (χ0v) is 26.5. The quantitative estimate of drug-likeness (QED) is 0.190. The molecule has 0 bridgehead atoms. The summed E-state index contributed by atoms with van der Waals surface area (Å²) in [5.41, 5.74) is 11.1. The Kier molecular flexibility index (Phi) is 6.18. The van der Waals surface area contributed by atoms with Crippen LogP contribution >= 0.6 is 0 Å². The Morgan fingerprint density at radius 2 is 0.980 bits per heavy atom. The van der Waals surface area contributed by atoms with E-state index in [1.807, 2.05) is 12.1 Å². The minimum atomic E-state index is 0.855. The van der Waals surface area contributed by atoms with Gasteiger partial charge in [0.25, 0.3) is 0 Å². The van der Waals surface area contributed by atoms with Crippen LogP contribution in [0.4, 0.5) is 17.1 Å². The molecular weight excluding hydrogens is 599 g/mol. The first kappa shape index (κ1) is 27.5. The topological polar surface area (TPSA) is 29.5 Å². The molecular formula is C46H29NO2. The lowest BCUT2D eigenvalue weighted by molar-refractivity contribution is 0.669. The average molecular weight is 628 g/mol. The van der Waals surface area contributed by atoms with Crippen molar-refractivity contribution in [3.63, 3.8) is 0 Å². The van der Waals surface area contributed by atoms with Gasteiger partial charge in [0.05, 0.1) is 5.69 Å². The maximum Gasteiger partial charge on any atom is 0.143 e. The van der Waals surface area contributed by atoms with Gasteiger partial charge < -0.3 is 13.7 Å². The molecule has 8 aromatic carbocycles. The third-order valence-electron chi connectivity index (χ3n) is 9.68. The van der Waals surface area contributed by atoms with Crippen molar-refractivity contribution in [2.24, 2.45) is 0 Å². The van der Waals surface area contributed by atoms with Crippen molar-refractivity contribution in [1.82, 2.24) is 0 Å². The van der Waals surface area contributed by atoms with E-state index >= 15 is 0 Å². The van der Waals surface area contributed by atoms with Crippen LogP contribution in [0.25, 0.3) is 76.9 Å². The standard InChI is InChI=1S/C46H29NO2/c1-2-11-30(12-3-1)31-21-24-33(25-22-31)47(34-26-28-38-37-16-7-9-20-43(37)48-44(38)29-34)42-19-8-6-15-36(42)39-17-10-18-40-41-27-23-32-13-4-5-14-35(32)45(41)49-46(39)40/h1-29H. The SMILES string of the molecule is c1ccc(-c2ccc(N(c3ccc4c(c3)oc3ccccc34)c3ccccc3-c3cccc4c3oc3c5ccccc5ccc43)cc2)cc1. The lowest BCUT2D eigenvalue weighted by atomic mass is 9.98. The van der Waals surface area contributed by atoms with Crippen molar-refractivity contribution in [2.75, 3.05) is 4.90 Å². The van der Waals surface area contributed by atoms with Gasteiger partial charge in [-0.15, -0.1) is 0 Å². The fraction of sp³-hybridized carbons (Fsp3) is 0. The molecule has 2 heterocycles. The highest BCUT2D eigenvalue weighted by Crippen LogP contribution is 2.46. The Hall–Kier alpha value is -6.58. The molecule has 0 aliphatic carbocycles. The molecule has 3 heteroatoms. The molecule has 2 aromatic heterocycles. The summed E-state index contributed by atoms with van der Waals surface area (Å²) in [7, 11) is 0. The second-order valence-corrected chi connectivity index (χ2v) is 12.5. The number of fused-ring (bicyclic) bond motifs is 8. The summed E-state index contributed by atoms with van der Waals surface area (Å²) < 4.78 is 13.2. The molecule has 230 valence electrons. The Bertz CT molecular complexity index is 2830. The number of rotatable bonds is 5. The van der Waals surface area contributed by atoms with Crippen molar-refractivity contribution in [3.05, 3.63) is 176 Å². The number of hydrogen-bond donors (Lipinski definition) is 0. The van der Waals surface area contributed by atoms with Crippen molar-refractivity contribution in [1.29, 1.82) is 0 Å². The Labute approximate surface area is 282 Å². The summed E-state index contributed by atoms with van der Waals surface area (Å²) in [5.74, 6) is 0. The van der Waals surface area contributed by atoms with Crippen LogP contribution in [0.3, 0.4) is 0 Å². The normalized spacial score (nSPS) is 11.7. The first-order chi connectivity index (χ1) is 24.3. The molecule has 10 rings (SSSR count). The van der Waals surface area contributed by atoms with Gasteiger partial charge in [-0.3, -0.25) is 0 Å². The molecule has 49 heavy (non-hydrogen) atoms. The first-order valence-corrected chi connectivity index (χ1v) is 16.6. The summed E-state index contributed by atoms with van der Waals surface area (Å²) in [4.78, 5) is 2.33. The third kappa shape index (κ3) is 4.44. The van der Waals surface area contributed by atoms with Crippen LogP contribution in [0.2, 0.25) is 0 Å². The van der Waals surface area contributed by atoms with E-state index in [0.29, 0.717) is 0 Å². The maximum atomic E-state index is 6.82. The highest BCUT2D eigenvalue weighted by molar-refractivity contribution is 6.17. The number of anilines is 3. The van der Waals surface area contributed by atoms with Gasteiger partial charge in [0, 0.05) is 55.5 Å². The fourth-order valence-corrected chi connectivity index (χ4v) is 7.35. The van der Waals surface area contributed by atoms with E-state index in [1.165, 1.54) is 16.5 Å². The molecule has 0 atom stereocenters. The molecule has 0 saturated carbocycles. The van der Waals surface area contributed by atoms with Crippen molar-refractivity contribution >= 4 is 71.7 Å². The minimum Gasteiger partial charge on any atom is -0.456 e. The van der Waals surface area contributed by atoms with E-state index in [1.54, 1.807) is 0 Å². The van der Waals surface area contributed by atoms with Gasteiger partial charge in [-0.2, -0.15) is 0 Å². The predicted molar refractivity (Wildman–Crippen MR) is 204 cm³/mol. The van der Waals surface area contributed by atoms with Crippen LogP contribution in [0, 0.1) is 0 Å². The lowest BCUT2D eigenvalue weighted by Gasteiger charge is -2.28. The van der Waals surface area contributed by atoms with E-state index in [4.69, 9.17) is 8.83 Å². The average Bonchev–Trinajstić information content (AvgIpc) is 3.74. The number of nitrogens with zero attached hydrogens (tertiary/aromatic N) is 1.